The molecule has 8 heteroatoms. The molecule has 0 atom stereocenters. The van der Waals surface area contributed by atoms with Gasteiger partial charge in [0.2, 0.25) is 0 Å². The van der Waals surface area contributed by atoms with Crippen molar-refractivity contribution in [1.29, 1.82) is 0 Å². The highest BCUT2D eigenvalue weighted by molar-refractivity contribution is 5.63. The lowest BCUT2D eigenvalue weighted by molar-refractivity contribution is 0.0787. The van der Waals surface area contributed by atoms with Crippen LogP contribution in [0.2, 0.25) is 0 Å². The van der Waals surface area contributed by atoms with Crippen LogP contribution in [0.25, 0.3) is 16.9 Å². The molecule has 0 spiro atoms. The Labute approximate surface area is 155 Å². The molecular formula is C19H19F2N5O. The summed E-state index contributed by atoms with van der Waals surface area (Å²) in [7, 11) is 0. The lowest BCUT2D eigenvalue weighted by atomic mass is 10.1. The molecule has 1 aliphatic heterocycles. The molecule has 140 valence electrons. The minimum absolute atomic E-state index is 0.258. The van der Waals surface area contributed by atoms with E-state index in [2.05, 4.69) is 20.2 Å². The zero-order chi connectivity index (χ0) is 18.8. The third-order valence-electron chi connectivity index (χ3n) is 4.72. The van der Waals surface area contributed by atoms with Crippen LogP contribution in [0.4, 0.5) is 8.78 Å². The van der Waals surface area contributed by atoms with Crippen molar-refractivity contribution in [3.05, 3.63) is 60.1 Å². The normalized spacial score (nSPS) is 16.0. The number of aliphatic hydroxyl groups is 1. The van der Waals surface area contributed by atoms with Crippen LogP contribution in [-0.4, -0.2) is 49.2 Å². The summed E-state index contributed by atoms with van der Waals surface area (Å²) in [5.41, 5.74) is 2.47. The number of hydrogen-bond donors (Lipinski definition) is 1. The SMILES string of the molecule is OC1CCN(Cc2nnn(-c3cc(F)cc(F)c3)c2-c2ccncc2)CC1. The van der Waals surface area contributed by atoms with Gasteiger partial charge in [-0.25, -0.2) is 13.5 Å². The Morgan fingerprint density at radius 1 is 1.04 bits per heavy atom. The first-order valence-electron chi connectivity index (χ1n) is 8.82. The Balaban J connectivity index is 1.75. The van der Waals surface area contributed by atoms with Gasteiger partial charge in [-0.1, -0.05) is 5.21 Å². The molecule has 0 saturated carbocycles. The number of pyridine rings is 1. The van der Waals surface area contributed by atoms with Crippen LogP contribution in [0.15, 0.2) is 42.7 Å². The van der Waals surface area contributed by atoms with Gasteiger partial charge in [0.25, 0.3) is 0 Å². The van der Waals surface area contributed by atoms with Crippen LogP contribution in [0.3, 0.4) is 0 Å². The van der Waals surface area contributed by atoms with Gasteiger partial charge in [-0.15, -0.1) is 5.10 Å². The number of aliphatic hydroxyl groups excluding tert-OH is 1. The highest BCUT2D eigenvalue weighted by atomic mass is 19.1. The number of aromatic nitrogens is 4. The quantitative estimate of drug-likeness (QED) is 0.764. The number of hydrogen-bond acceptors (Lipinski definition) is 5. The molecule has 3 aromatic rings. The van der Waals surface area contributed by atoms with E-state index < -0.39 is 11.6 Å². The predicted molar refractivity (Wildman–Crippen MR) is 95.0 cm³/mol. The van der Waals surface area contributed by atoms with E-state index in [9.17, 15) is 13.9 Å². The van der Waals surface area contributed by atoms with Gasteiger partial charge in [-0.05, 0) is 37.1 Å². The maximum Gasteiger partial charge on any atom is 0.128 e. The molecule has 0 unspecified atom stereocenters. The fraction of sp³-hybridized carbons (Fsp3) is 0.316. The van der Waals surface area contributed by atoms with Gasteiger partial charge in [-0.2, -0.15) is 0 Å². The predicted octanol–water partition coefficient (Wildman–Crippen LogP) is 2.56. The molecular weight excluding hydrogens is 352 g/mol. The Bertz CT molecular complexity index is 903. The average Bonchev–Trinajstić information content (AvgIpc) is 3.07. The highest BCUT2D eigenvalue weighted by Gasteiger charge is 2.22. The van der Waals surface area contributed by atoms with Gasteiger partial charge in [0, 0.05) is 43.7 Å². The zero-order valence-corrected chi connectivity index (χ0v) is 14.6. The first kappa shape index (κ1) is 17.7. The molecule has 6 nitrogen and oxygen atoms in total. The van der Waals surface area contributed by atoms with Crippen LogP contribution < -0.4 is 0 Å². The van der Waals surface area contributed by atoms with E-state index in [4.69, 9.17) is 0 Å². The van der Waals surface area contributed by atoms with Crippen molar-refractivity contribution in [2.75, 3.05) is 13.1 Å². The van der Waals surface area contributed by atoms with Gasteiger partial charge in [-0.3, -0.25) is 9.88 Å². The van der Waals surface area contributed by atoms with Crippen molar-refractivity contribution in [2.45, 2.75) is 25.5 Å². The lowest BCUT2D eigenvalue weighted by Crippen LogP contribution is -2.35. The number of halogens is 2. The number of rotatable bonds is 4. The number of piperidine rings is 1. The summed E-state index contributed by atoms with van der Waals surface area (Å²) in [5.74, 6) is -1.35. The van der Waals surface area contributed by atoms with Crippen molar-refractivity contribution in [2.24, 2.45) is 0 Å². The summed E-state index contributed by atoms with van der Waals surface area (Å²) in [5, 5.41) is 18.1. The number of nitrogens with zero attached hydrogens (tertiary/aromatic N) is 5. The van der Waals surface area contributed by atoms with Crippen molar-refractivity contribution in [3.8, 4) is 16.9 Å². The molecule has 1 aliphatic rings. The zero-order valence-electron chi connectivity index (χ0n) is 14.6. The van der Waals surface area contributed by atoms with Crippen molar-refractivity contribution in [3.63, 3.8) is 0 Å². The van der Waals surface area contributed by atoms with E-state index in [1.165, 1.54) is 16.8 Å². The Morgan fingerprint density at radius 2 is 1.70 bits per heavy atom. The Hall–Kier alpha value is -2.71. The molecule has 1 N–H and O–H groups in total. The summed E-state index contributed by atoms with van der Waals surface area (Å²) in [6.45, 7) is 2.07. The van der Waals surface area contributed by atoms with Crippen molar-refractivity contribution >= 4 is 0 Å². The van der Waals surface area contributed by atoms with Gasteiger partial charge in [0.1, 0.15) is 17.3 Å². The summed E-state index contributed by atoms with van der Waals surface area (Å²) >= 11 is 0. The number of benzene rings is 1. The second-order valence-corrected chi connectivity index (χ2v) is 6.67. The standard InChI is InChI=1S/C19H19F2N5O/c20-14-9-15(21)11-16(10-14)26-19(13-1-5-22-6-2-13)18(23-24-26)12-25-7-3-17(27)4-8-25/h1-2,5-6,9-11,17,27H,3-4,7-8,12H2. The molecule has 27 heavy (non-hydrogen) atoms. The Morgan fingerprint density at radius 3 is 2.37 bits per heavy atom. The second-order valence-electron chi connectivity index (χ2n) is 6.67. The third-order valence-corrected chi connectivity index (χ3v) is 4.72. The van der Waals surface area contributed by atoms with Crippen LogP contribution in [0.1, 0.15) is 18.5 Å². The lowest BCUT2D eigenvalue weighted by Gasteiger charge is -2.28. The number of likely N-dealkylation sites (tertiary alicyclic amines) is 1. The molecule has 1 fully saturated rings. The molecule has 0 radical (unpaired) electrons. The first-order valence-corrected chi connectivity index (χ1v) is 8.82. The second kappa shape index (κ2) is 7.50. The van der Waals surface area contributed by atoms with Gasteiger partial charge in [0.05, 0.1) is 17.5 Å². The monoisotopic (exact) mass is 371 g/mol. The largest absolute Gasteiger partial charge is 0.393 e. The van der Waals surface area contributed by atoms with Crippen LogP contribution in [0.5, 0.6) is 0 Å². The van der Waals surface area contributed by atoms with Crippen LogP contribution >= 0.6 is 0 Å². The average molecular weight is 371 g/mol. The van der Waals surface area contributed by atoms with Gasteiger partial charge >= 0.3 is 0 Å². The van der Waals surface area contributed by atoms with Gasteiger partial charge in [0.15, 0.2) is 0 Å². The molecule has 0 bridgehead atoms. The maximum absolute atomic E-state index is 13.7. The summed E-state index contributed by atoms with van der Waals surface area (Å²) < 4.78 is 28.9. The fourth-order valence-corrected chi connectivity index (χ4v) is 3.35. The molecule has 3 heterocycles. The minimum atomic E-state index is -0.673. The minimum Gasteiger partial charge on any atom is -0.393 e. The summed E-state index contributed by atoms with van der Waals surface area (Å²) in [4.78, 5) is 6.22. The van der Waals surface area contributed by atoms with E-state index in [1.807, 2.05) is 12.1 Å². The molecule has 2 aromatic heterocycles. The summed E-state index contributed by atoms with van der Waals surface area (Å²) in [6.07, 6.45) is 4.48. The third kappa shape index (κ3) is 3.86. The topological polar surface area (TPSA) is 67.1 Å². The van der Waals surface area contributed by atoms with E-state index in [1.54, 1.807) is 12.4 Å². The van der Waals surface area contributed by atoms with E-state index >= 15 is 0 Å². The van der Waals surface area contributed by atoms with E-state index in [-0.39, 0.29) is 11.8 Å². The fourth-order valence-electron chi connectivity index (χ4n) is 3.35. The van der Waals surface area contributed by atoms with Crippen LogP contribution in [-0.2, 0) is 6.54 Å². The van der Waals surface area contributed by atoms with Crippen molar-refractivity contribution in [1.82, 2.24) is 24.9 Å². The Kier molecular flexibility index (Phi) is 4.91. The van der Waals surface area contributed by atoms with Crippen molar-refractivity contribution < 1.29 is 13.9 Å². The van der Waals surface area contributed by atoms with Gasteiger partial charge < -0.3 is 5.11 Å². The molecule has 4 rings (SSSR count). The van der Waals surface area contributed by atoms with E-state index in [0.29, 0.717) is 30.8 Å². The van der Waals surface area contributed by atoms with E-state index in [0.717, 1.165) is 24.7 Å². The summed E-state index contributed by atoms with van der Waals surface area (Å²) in [6, 6.07) is 6.90. The first-order chi connectivity index (χ1) is 13.1. The van der Waals surface area contributed by atoms with Crippen LogP contribution in [0, 0.1) is 11.6 Å². The molecule has 1 aromatic carbocycles. The molecule has 0 aliphatic carbocycles. The molecule has 0 amide bonds. The smallest absolute Gasteiger partial charge is 0.128 e. The highest BCUT2D eigenvalue weighted by Crippen LogP contribution is 2.27. The maximum atomic E-state index is 13.7. The molecule has 1 saturated heterocycles.